The third-order valence-corrected chi connectivity index (χ3v) is 11.4. The van der Waals surface area contributed by atoms with E-state index in [1.54, 1.807) is 12.1 Å². The standard InChI is InChI=1S/C28H28Cl2F3N4O3P/c1-3-35(4-2)19-10-12-26-25(18-19)40-27(38)37(20-9-11-22(29)23(30)17-20)41(26,36-13-15-39-16-14-36)34-24-8-6-5-7-21(24)28(31,32)33/h5-12,17-18H,3-4,13-16H2,1-2H3/t41-/m1/s1. The van der Waals surface area contributed by atoms with Gasteiger partial charge in [-0.3, -0.25) is 0 Å². The highest BCUT2D eigenvalue weighted by Crippen LogP contribution is 2.63. The Labute approximate surface area is 246 Å². The van der Waals surface area contributed by atoms with E-state index in [4.69, 9.17) is 37.4 Å². The molecule has 0 aliphatic carbocycles. The number of amides is 1. The van der Waals surface area contributed by atoms with Crippen molar-refractivity contribution in [2.75, 3.05) is 49.0 Å². The number of alkyl halides is 3. The zero-order valence-electron chi connectivity index (χ0n) is 22.4. The molecule has 0 aromatic heterocycles. The predicted octanol–water partition coefficient (Wildman–Crippen LogP) is 8.20. The molecule has 0 bridgehead atoms. The lowest BCUT2D eigenvalue weighted by molar-refractivity contribution is -0.137. The minimum Gasteiger partial charge on any atom is -0.409 e. The molecule has 3 aromatic rings. The summed E-state index contributed by atoms with van der Waals surface area (Å²) in [4.78, 5) is 16.1. The van der Waals surface area contributed by atoms with E-state index >= 15 is 0 Å². The van der Waals surface area contributed by atoms with Crippen LogP contribution in [0.2, 0.25) is 10.0 Å². The van der Waals surface area contributed by atoms with Gasteiger partial charge in [-0.2, -0.15) is 13.2 Å². The first-order valence-corrected chi connectivity index (χ1v) is 15.5. The van der Waals surface area contributed by atoms with E-state index in [0.29, 0.717) is 50.4 Å². The Hall–Kier alpha value is -2.75. The van der Waals surface area contributed by atoms with Gasteiger partial charge >= 0.3 is 12.3 Å². The van der Waals surface area contributed by atoms with Gasteiger partial charge in [0.05, 0.1) is 45.5 Å². The molecule has 5 rings (SSSR count). The van der Waals surface area contributed by atoms with Gasteiger partial charge in [-0.25, -0.2) is 18.9 Å². The van der Waals surface area contributed by atoms with E-state index < -0.39 is 25.2 Å². The van der Waals surface area contributed by atoms with Crippen molar-refractivity contribution in [3.63, 3.8) is 0 Å². The van der Waals surface area contributed by atoms with Crippen LogP contribution >= 0.6 is 30.6 Å². The number of carbonyl (C=O) groups excluding carboxylic acids is 1. The van der Waals surface area contributed by atoms with Crippen LogP contribution in [0, 0.1) is 0 Å². The van der Waals surface area contributed by atoms with Gasteiger partial charge in [-0.15, -0.1) is 0 Å². The lowest BCUT2D eigenvalue weighted by Crippen LogP contribution is -2.49. The monoisotopic (exact) mass is 626 g/mol. The molecular weight excluding hydrogens is 599 g/mol. The van der Waals surface area contributed by atoms with Gasteiger partial charge in [0.1, 0.15) is 5.75 Å². The Kier molecular flexibility index (Phi) is 8.60. The molecule has 0 unspecified atom stereocenters. The fourth-order valence-corrected chi connectivity index (χ4v) is 9.06. The zero-order valence-corrected chi connectivity index (χ0v) is 24.8. The molecule has 41 heavy (non-hydrogen) atoms. The number of ether oxygens (including phenoxy) is 2. The van der Waals surface area contributed by atoms with Crippen LogP contribution in [0.4, 0.5) is 35.0 Å². The van der Waals surface area contributed by atoms with Gasteiger partial charge in [0.15, 0.2) is 7.36 Å². The third-order valence-electron chi connectivity index (χ3n) is 7.03. The Morgan fingerprint density at radius 2 is 1.68 bits per heavy atom. The molecule has 0 spiro atoms. The molecule has 1 atom stereocenters. The van der Waals surface area contributed by atoms with Crippen molar-refractivity contribution in [2.45, 2.75) is 20.0 Å². The summed E-state index contributed by atoms with van der Waals surface area (Å²) >= 11 is 12.6. The summed E-state index contributed by atoms with van der Waals surface area (Å²) in [6.07, 6.45) is -5.45. The molecule has 0 radical (unpaired) electrons. The number of halogens is 5. The molecule has 1 fully saturated rings. The van der Waals surface area contributed by atoms with E-state index in [1.165, 1.54) is 35.0 Å². The average Bonchev–Trinajstić information content (AvgIpc) is 2.95. The minimum atomic E-state index is -4.67. The average molecular weight is 627 g/mol. The molecule has 2 heterocycles. The van der Waals surface area contributed by atoms with Crippen LogP contribution in [0.5, 0.6) is 5.75 Å². The number of nitrogens with zero attached hydrogens (tertiary/aromatic N) is 4. The highest BCUT2D eigenvalue weighted by atomic mass is 35.5. The van der Waals surface area contributed by atoms with Crippen LogP contribution in [-0.4, -0.2) is 50.2 Å². The molecule has 218 valence electrons. The molecule has 0 N–H and O–H groups in total. The molecular formula is C28H28Cl2F3N4O3P. The largest absolute Gasteiger partial charge is 0.425 e. The number of hydrogen-bond acceptors (Lipinski definition) is 5. The molecule has 7 nitrogen and oxygen atoms in total. The van der Waals surface area contributed by atoms with E-state index in [-0.39, 0.29) is 21.5 Å². The zero-order chi connectivity index (χ0) is 29.4. The van der Waals surface area contributed by atoms with Crippen LogP contribution in [0.25, 0.3) is 0 Å². The van der Waals surface area contributed by atoms with Crippen LogP contribution in [-0.2, 0) is 10.9 Å². The lowest BCUT2D eigenvalue weighted by atomic mass is 10.2. The van der Waals surface area contributed by atoms with E-state index in [0.717, 1.165) is 11.8 Å². The number of rotatable bonds is 6. The summed E-state index contributed by atoms with van der Waals surface area (Å²) in [5.41, 5.74) is -0.0587. The van der Waals surface area contributed by atoms with Gasteiger partial charge in [-0.1, -0.05) is 35.3 Å². The Morgan fingerprint density at radius 1 is 0.976 bits per heavy atom. The van der Waals surface area contributed by atoms with E-state index in [9.17, 15) is 18.0 Å². The van der Waals surface area contributed by atoms with Crippen LogP contribution in [0.3, 0.4) is 0 Å². The topological polar surface area (TPSA) is 57.6 Å². The smallest absolute Gasteiger partial charge is 0.409 e. The SMILES string of the molecule is CCN(CC)c1ccc2c(c1)OC(=O)N(c1ccc(Cl)c(Cl)c1)[P@]2(=Nc1ccccc1C(F)(F)F)N1CCOCC1. The minimum absolute atomic E-state index is 0.176. The van der Waals surface area contributed by atoms with Gasteiger partial charge < -0.3 is 14.4 Å². The molecule has 0 saturated carbocycles. The quantitative estimate of drug-likeness (QED) is 0.258. The van der Waals surface area contributed by atoms with Crippen LogP contribution in [0.1, 0.15) is 19.4 Å². The fourth-order valence-electron chi connectivity index (χ4n) is 5.08. The van der Waals surface area contributed by atoms with Crippen LogP contribution in [0.15, 0.2) is 65.4 Å². The number of carbonyl (C=O) groups is 1. The van der Waals surface area contributed by atoms with E-state index in [2.05, 4.69) is 4.90 Å². The molecule has 1 amide bonds. The third kappa shape index (κ3) is 5.56. The van der Waals surface area contributed by atoms with Gasteiger partial charge in [0.25, 0.3) is 0 Å². The highest BCUT2D eigenvalue weighted by molar-refractivity contribution is 7.74. The fraction of sp³-hybridized carbons (Fsp3) is 0.321. The van der Waals surface area contributed by atoms with Crippen LogP contribution < -0.4 is 19.6 Å². The first kappa shape index (κ1) is 29.7. The predicted molar refractivity (Wildman–Crippen MR) is 157 cm³/mol. The van der Waals surface area contributed by atoms with Gasteiger partial charge in [0.2, 0.25) is 0 Å². The van der Waals surface area contributed by atoms with Crippen molar-refractivity contribution in [3.8, 4) is 5.75 Å². The Balaban J connectivity index is 1.89. The van der Waals surface area contributed by atoms with Crippen molar-refractivity contribution < 1.29 is 27.4 Å². The molecule has 2 aliphatic heterocycles. The number of hydrogen-bond donors (Lipinski definition) is 0. The summed E-state index contributed by atoms with van der Waals surface area (Å²) < 4.78 is 62.5. The van der Waals surface area contributed by atoms with Crippen molar-refractivity contribution in [1.82, 2.24) is 4.67 Å². The number of benzene rings is 3. The number of anilines is 2. The van der Waals surface area contributed by atoms with Crippen molar-refractivity contribution in [2.24, 2.45) is 4.74 Å². The maximum absolute atomic E-state index is 14.3. The Morgan fingerprint density at radius 3 is 2.34 bits per heavy atom. The second-order valence-electron chi connectivity index (χ2n) is 9.35. The second kappa shape index (κ2) is 11.9. The first-order chi connectivity index (χ1) is 19.6. The second-order valence-corrected chi connectivity index (χ2v) is 13.0. The Bertz CT molecular complexity index is 1510. The number of morpholine rings is 1. The van der Waals surface area contributed by atoms with E-state index in [1.807, 2.05) is 30.7 Å². The maximum atomic E-state index is 14.3. The lowest BCUT2D eigenvalue weighted by Gasteiger charge is -2.47. The summed E-state index contributed by atoms with van der Waals surface area (Å²) in [6, 6.07) is 15.2. The van der Waals surface area contributed by atoms with Crippen molar-refractivity contribution in [1.29, 1.82) is 0 Å². The number of fused-ring (bicyclic) bond motifs is 1. The summed E-state index contributed by atoms with van der Waals surface area (Å²) in [6.45, 7) is 6.73. The summed E-state index contributed by atoms with van der Waals surface area (Å²) in [5.74, 6) is 0.253. The van der Waals surface area contributed by atoms with Gasteiger partial charge in [0, 0.05) is 37.9 Å². The normalized spacial score (nSPS) is 19.5. The van der Waals surface area contributed by atoms with Crippen molar-refractivity contribution >= 4 is 59.0 Å². The maximum Gasteiger partial charge on any atom is 0.425 e. The summed E-state index contributed by atoms with van der Waals surface area (Å²) in [5, 5.41) is 0.952. The van der Waals surface area contributed by atoms with Crippen molar-refractivity contribution in [3.05, 3.63) is 76.3 Å². The molecule has 13 heteroatoms. The van der Waals surface area contributed by atoms with Gasteiger partial charge in [-0.05, 0) is 56.3 Å². The first-order valence-electron chi connectivity index (χ1n) is 13.1. The molecule has 3 aromatic carbocycles. The summed E-state index contributed by atoms with van der Waals surface area (Å²) in [7, 11) is -3.55. The molecule has 1 saturated heterocycles. The highest BCUT2D eigenvalue weighted by Gasteiger charge is 2.48. The molecule has 2 aliphatic rings.